The number of rotatable bonds is 5. The molecule has 0 aliphatic carbocycles. The number of nitrogens with zero attached hydrogens (tertiary/aromatic N) is 1. The molecule has 1 fully saturated rings. The van der Waals surface area contributed by atoms with Gasteiger partial charge in [-0.25, -0.2) is 0 Å². The van der Waals surface area contributed by atoms with E-state index in [-0.39, 0.29) is 25.0 Å². The number of hydrogen-bond acceptors (Lipinski definition) is 4. The Morgan fingerprint density at radius 3 is 2.91 bits per heavy atom. The first-order chi connectivity index (χ1) is 10.6. The van der Waals surface area contributed by atoms with Crippen LogP contribution in [0.2, 0.25) is 0 Å². The highest BCUT2D eigenvalue weighted by atomic mass is 16.5. The van der Waals surface area contributed by atoms with Gasteiger partial charge in [0.2, 0.25) is 5.91 Å². The smallest absolute Gasteiger partial charge is 0.261 e. The number of carbonyl (C=O) groups excluding carboxylic acids is 2. The second kappa shape index (κ2) is 7.49. The van der Waals surface area contributed by atoms with E-state index in [1.54, 1.807) is 13.2 Å². The summed E-state index contributed by atoms with van der Waals surface area (Å²) in [5, 5.41) is 2.68. The minimum atomic E-state index is -0.213. The molecule has 1 saturated heterocycles. The SMILES string of the molecule is CC=Cc1ccc(OCC(=O)N2CCNC(=O)C2)c(OC)c1. The number of ether oxygens (including phenoxy) is 2. The standard InChI is InChI=1S/C16H20N2O4/c1-3-4-12-5-6-13(14(9-12)21-2)22-11-16(20)18-8-7-17-15(19)10-18/h3-6,9H,7-8,10-11H2,1-2H3,(H,17,19). The number of hydrogen-bond donors (Lipinski definition) is 1. The summed E-state index contributed by atoms with van der Waals surface area (Å²) in [7, 11) is 1.55. The molecule has 22 heavy (non-hydrogen) atoms. The summed E-state index contributed by atoms with van der Waals surface area (Å²) in [4.78, 5) is 24.8. The molecule has 1 aliphatic rings. The number of allylic oxidation sites excluding steroid dienone is 1. The summed E-state index contributed by atoms with van der Waals surface area (Å²) in [5.41, 5.74) is 0.991. The maximum atomic E-state index is 12.1. The van der Waals surface area contributed by atoms with Crippen LogP contribution in [-0.2, 0) is 9.59 Å². The normalized spacial score (nSPS) is 14.8. The Balaban J connectivity index is 1.98. The fourth-order valence-corrected chi connectivity index (χ4v) is 2.18. The summed E-state index contributed by atoms with van der Waals surface area (Å²) < 4.78 is 10.8. The Morgan fingerprint density at radius 1 is 1.41 bits per heavy atom. The first-order valence-electron chi connectivity index (χ1n) is 7.12. The zero-order chi connectivity index (χ0) is 15.9. The molecule has 1 aromatic rings. The molecule has 1 aliphatic heterocycles. The highest BCUT2D eigenvalue weighted by molar-refractivity contribution is 5.86. The van der Waals surface area contributed by atoms with Crippen molar-refractivity contribution in [2.75, 3.05) is 33.4 Å². The predicted octanol–water partition coefficient (Wildman–Crippen LogP) is 1.07. The fraction of sp³-hybridized carbons (Fsp3) is 0.375. The molecular formula is C16H20N2O4. The number of nitrogens with one attached hydrogen (secondary N) is 1. The fourth-order valence-electron chi connectivity index (χ4n) is 2.18. The van der Waals surface area contributed by atoms with Crippen molar-refractivity contribution in [3.8, 4) is 11.5 Å². The molecule has 2 amide bonds. The van der Waals surface area contributed by atoms with Crippen LogP contribution in [0.1, 0.15) is 12.5 Å². The molecule has 0 spiro atoms. The third-order valence-electron chi connectivity index (χ3n) is 3.29. The van der Waals surface area contributed by atoms with Crippen molar-refractivity contribution in [3.63, 3.8) is 0 Å². The highest BCUT2D eigenvalue weighted by Crippen LogP contribution is 2.28. The molecule has 1 heterocycles. The minimum absolute atomic E-state index is 0.0829. The lowest BCUT2D eigenvalue weighted by Gasteiger charge is -2.26. The second-order valence-electron chi connectivity index (χ2n) is 4.86. The van der Waals surface area contributed by atoms with Crippen molar-refractivity contribution in [2.45, 2.75) is 6.92 Å². The second-order valence-corrected chi connectivity index (χ2v) is 4.86. The van der Waals surface area contributed by atoms with Crippen LogP contribution in [-0.4, -0.2) is 50.1 Å². The van der Waals surface area contributed by atoms with Gasteiger partial charge in [-0.1, -0.05) is 18.2 Å². The van der Waals surface area contributed by atoms with Gasteiger partial charge in [0.1, 0.15) is 0 Å². The number of amides is 2. The van der Waals surface area contributed by atoms with E-state index in [2.05, 4.69) is 5.32 Å². The van der Waals surface area contributed by atoms with Crippen LogP contribution in [0.15, 0.2) is 24.3 Å². The third kappa shape index (κ3) is 4.00. The first kappa shape index (κ1) is 15.9. The van der Waals surface area contributed by atoms with Gasteiger partial charge in [-0.15, -0.1) is 0 Å². The number of methoxy groups -OCH3 is 1. The molecule has 118 valence electrons. The average Bonchev–Trinajstić information content (AvgIpc) is 2.53. The summed E-state index contributed by atoms with van der Waals surface area (Å²) in [5.74, 6) is 0.715. The molecule has 0 unspecified atom stereocenters. The Morgan fingerprint density at radius 2 is 2.23 bits per heavy atom. The van der Waals surface area contributed by atoms with Crippen molar-refractivity contribution in [2.24, 2.45) is 0 Å². The largest absolute Gasteiger partial charge is 0.493 e. The molecule has 6 heteroatoms. The van der Waals surface area contributed by atoms with Crippen LogP contribution < -0.4 is 14.8 Å². The van der Waals surface area contributed by atoms with Gasteiger partial charge in [-0.3, -0.25) is 9.59 Å². The molecule has 1 aromatic carbocycles. The quantitative estimate of drug-likeness (QED) is 0.883. The van der Waals surface area contributed by atoms with Gasteiger partial charge in [0.15, 0.2) is 18.1 Å². The van der Waals surface area contributed by atoms with Crippen LogP contribution >= 0.6 is 0 Å². The van der Waals surface area contributed by atoms with Crippen molar-refractivity contribution in [1.29, 1.82) is 0 Å². The summed E-state index contributed by atoms with van der Waals surface area (Å²) in [6.07, 6.45) is 3.88. The van der Waals surface area contributed by atoms with Crippen LogP contribution in [0.4, 0.5) is 0 Å². The molecule has 1 N–H and O–H groups in total. The maximum Gasteiger partial charge on any atom is 0.261 e. The van der Waals surface area contributed by atoms with E-state index < -0.39 is 0 Å². The zero-order valence-corrected chi connectivity index (χ0v) is 12.8. The minimum Gasteiger partial charge on any atom is -0.493 e. The lowest BCUT2D eigenvalue weighted by Crippen LogP contribution is -2.51. The molecule has 0 atom stereocenters. The number of piperazine rings is 1. The molecular weight excluding hydrogens is 284 g/mol. The van der Waals surface area contributed by atoms with Crippen LogP contribution in [0, 0.1) is 0 Å². The van der Waals surface area contributed by atoms with E-state index in [9.17, 15) is 9.59 Å². The van der Waals surface area contributed by atoms with Gasteiger partial charge in [0.05, 0.1) is 13.7 Å². The predicted molar refractivity (Wildman–Crippen MR) is 82.8 cm³/mol. The maximum absolute atomic E-state index is 12.1. The van der Waals surface area contributed by atoms with E-state index in [1.807, 2.05) is 31.2 Å². The molecule has 0 saturated carbocycles. The van der Waals surface area contributed by atoms with Crippen LogP contribution in [0.3, 0.4) is 0 Å². The first-order valence-corrected chi connectivity index (χ1v) is 7.12. The van der Waals surface area contributed by atoms with Crippen LogP contribution in [0.25, 0.3) is 6.08 Å². The Hall–Kier alpha value is -2.50. The topological polar surface area (TPSA) is 67.9 Å². The third-order valence-corrected chi connectivity index (χ3v) is 3.29. The summed E-state index contributed by atoms with van der Waals surface area (Å²) >= 11 is 0. The van der Waals surface area contributed by atoms with Crippen molar-refractivity contribution in [1.82, 2.24) is 10.2 Å². The lowest BCUT2D eigenvalue weighted by atomic mass is 10.2. The lowest BCUT2D eigenvalue weighted by molar-refractivity contribution is -0.139. The van der Waals surface area contributed by atoms with Gasteiger partial charge < -0.3 is 19.7 Å². The zero-order valence-electron chi connectivity index (χ0n) is 12.8. The highest BCUT2D eigenvalue weighted by Gasteiger charge is 2.21. The monoisotopic (exact) mass is 304 g/mol. The van der Waals surface area contributed by atoms with Gasteiger partial charge in [-0.05, 0) is 24.6 Å². The summed E-state index contributed by atoms with van der Waals surface area (Å²) in [6, 6.07) is 5.50. The Kier molecular flexibility index (Phi) is 5.41. The molecule has 2 rings (SSSR count). The van der Waals surface area contributed by atoms with Crippen LogP contribution in [0.5, 0.6) is 11.5 Å². The van der Waals surface area contributed by atoms with Crippen molar-refractivity contribution >= 4 is 17.9 Å². The Labute approximate surface area is 129 Å². The van der Waals surface area contributed by atoms with Crippen molar-refractivity contribution < 1.29 is 19.1 Å². The number of benzene rings is 1. The van der Waals surface area contributed by atoms with Gasteiger partial charge in [0.25, 0.3) is 5.91 Å². The van der Waals surface area contributed by atoms with E-state index in [1.165, 1.54) is 4.90 Å². The molecule has 0 radical (unpaired) electrons. The number of carbonyl (C=O) groups is 2. The molecule has 0 bridgehead atoms. The Bertz CT molecular complexity index is 584. The van der Waals surface area contributed by atoms with E-state index in [0.29, 0.717) is 24.6 Å². The molecule has 0 aromatic heterocycles. The van der Waals surface area contributed by atoms with Gasteiger partial charge in [0, 0.05) is 13.1 Å². The van der Waals surface area contributed by atoms with Crippen molar-refractivity contribution in [3.05, 3.63) is 29.8 Å². The van der Waals surface area contributed by atoms with E-state index in [4.69, 9.17) is 9.47 Å². The average molecular weight is 304 g/mol. The van der Waals surface area contributed by atoms with Gasteiger partial charge in [-0.2, -0.15) is 0 Å². The van der Waals surface area contributed by atoms with E-state index in [0.717, 1.165) is 5.56 Å². The summed E-state index contributed by atoms with van der Waals surface area (Å²) in [6.45, 7) is 2.88. The van der Waals surface area contributed by atoms with E-state index >= 15 is 0 Å². The van der Waals surface area contributed by atoms with Gasteiger partial charge >= 0.3 is 0 Å². The molecule has 6 nitrogen and oxygen atoms in total.